The van der Waals surface area contributed by atoms with E-state index in [1.165, 1.54) is 24.3 Å². The lowest BCUT2D eigenvalue weighted by atomic mass is 9.99. The normalized spacial score (nSPS) is 11.6. The molecule has 0 radical (unpaired) electrons. The van der Waals surface area contributed by atoms with Gasteiger partial charge in [0.15, 0.2) is 0 Å². The van der Waals surface area contributed by atoms with Crippen LogP contribution in [0.1, 0.15) is 15.9 Å². The van der Waals surface area contributed by atoms with Crippen molar-refractivity contribution in [1.82, 2.24) is 5.32 Å². The lowest BCUT2D eigenvalue weighted by Gasteiger charge is -2.16. The topological polar surface area (TPSA) is 86.6 Å². The molecule has 1 unspecified atom stereocenters. The van der Waals surface area contributed by atoms with E-state index in [1.807, 2.05) is 54.6 Å². The van der Waals surface area contributed by atoms with Crippen LogP contribution in [-0.4, -0.2) is 28.1 Å². The van der Waals surface area contributed by atoms with E-state index in [1.54, 1.807) is 18.2 Å². The zero-order chi connectivity index (χ0) is 24.1. The Hall–Kier alpha value is -4.45. The highest BCUT2D eigenvalue weighted by atomic mass is 19.1. The summed E-state index contributed by atoms with van der Waals surface area (Å²) in [4.78, 5) is 24.7. The number of rotatable bonds is 7. The Morgan fingerprint density at radius 1 is 0.765 bits per heavy atom. The molecule has 5 nitrogen and oxygen atoms in total. The van der Waals surface area contributed by atoms with Crippen molar-refractivity contribution < 1.29 is 24.2 Å². The predicted molar refractivity (Wildman–Crippen MR) is 128 cm³/mol. The Morgan fingerprint density at radius 3 is 1.97 bits per heavy atom. The SMILES string of the molecule is O=C(NC(Cc1ccc(-c2ccccc2)cc1)C(=O)O)c1cc(-c2ccc(F)cc2)ccc1O. The van der Waals surface area contributed by atoms with E-state index in [2.05, 4.69) is 5.32 Å². The number of aliphatic carboxylic acids is 1. The van der Waals surface area contributed by atoms with Gasteiger partial charge >= 0.3 is 5.97 Å². The summed E-state index contributed by atoms with van der Waals surface area (Å²) in [6, 6.07) is 26.2. The molecule has 0 aliphatic heterocycles. The van der Waals surface area contributed by atoms with Crippen molar-refractivity contribution in [3.63, 3.8) is 0 Å². The van der Waals surface area contributed by atoms with Crippen LogP contribution < -0.4 is 5.32 Å². The number of hydrogen-bond acceptors (Lipinski definition) is 3. The number of carboxylic acids is 1. The van der Waals surface area contributed by atoms with Gasteiger partial charge in [0.2, 0.25) is 0 Å². The fourth-order valence-electron chi connectivity index (χ4n) is 3.68. The van der Waals surface area contributed by atoms with Crippen LogP contribution in [0, 0.1) is 5.82 Å². The second-order valence-corrected chi connectivity index (χ2v) is 7.87. The van der Waals surface area contributed by atoms with Crippen LogP contribution in [0.4, 0.5) is 4.39 Å². The van der Waals surface area contributed by atoms with Crippen LogP contribution in [0.15, 0.2) is 97.1 Å². The van der Waals surface area contributed by atoms with E-state index in [4.69, 9.17) is 0 Å². The van der Waals surface area contributed by atoms with Crippen molar-refractivity contribution in [2.45, 2.75) is 12.5 Å². The molecule has 4 rings (SSSR count). The molecule has 0 saturated heterocycles. The first-order valence-electron chi connectivity index (χ1n) is 10.7. The predicted octanol–water partition coefficient (Wildman–Crippen LogP) is 5.29. The van der Waals surface area contributed by atoms with Gasteiger partial charge in [-0.25, -0.2) is 9.18 Å². The Morgan fingerprint density at radius 2 is 1.32 bits per heavy atom. The summed E-state index contributed by atoms with van der Waals surface area (Å²) in [6.07, 6.45) is 0.0779. The minimum atomic E-state index is -1.19. The number of halogens is 1. The molecule has 4 aromatic carbocycles. The van der Waals surface area contributed by atoms with E-state index in [-0.39, 0.29) is 23.6 Å². The van der Waals surface area contributed by atoms with Gasteiger partial charge in [-0.05, 0) is 52.1 Å². The molecule has 0 fully saturated rings. The third kappa shape index (κ3) is 5.30. The summed E-state index contributed by atoms with van der Waals surface area (Å²) in [7, 11) is 0. The maximum Gasteiger partial charge on any atom is 0.326 e. The number of carboxylic acid groups (broad SMARTS) is 1. The van der Waals surface area contributed by atoms with Crippen LogP contribution in [-0.2, 0) is 11.2 Å². The fourth-order valence-corrected chi connectivity index (χ4v) is 3.68. The molecule has 170 valence electrons. The maximum atomic E-state index is 13.2. The van der Waals surface area contributed by atoms with E-state index in [0.717, 1.165) is 16.7 Å². The number of aromatic hydroxyl groups is 1. The van der Waals surface area contributed by atoms with Crippen LogP contribution in [0.25, 0.3) is 22.3 Å². The van der Waals surface area contributed by atoms with Gasteiger partial charge < -0.3 is 15.5 Å². The van der Waals surface area contributed by atoms with Crippen LogP contribution >= 0.6 is 0 Å². The number of nitrogens with one attached hydrogen (secondary N) is 1. The minimum Gasteiger partial charge on any atom is -0.507 e. The highest BCUT2D eigenvalue weighted by Crippen LogP contribution is 2.26. The van der Waals surface area contributed by atoms with Crippen LogP contribution in [0.2, 0.25) is 0 Å². The molecule has 0 spiro atoms. The quantitative estimate of drug-likeness (QED) is 0.353. The van der Waals surface area contributed by atoms with Crippen LogP contribution in [0.3, 0.4) is 0 Å². The monoisotopic (exact) mass is 455 g/mol. The first-order valence-corrected chi connectivity index (χ1v) is 10.7. The second-order valence-electron chi connectivity index (χ2n) is 7.87. The summed E-state index contributed by atoms with van der Waals surface area (Å²) in [5.74, 6) is -2.56. The molecule has 34 heavy (non-hydrogen) atoms. The first kappa shape index (κ1) is 22.7. The largest absolute Gasteiger partial charge is 0.507 e. The molecule has 0 saturated carbocycles. The Bertz CT molecular complexity index is 1300. The van der Waals surface area contributed by atoms with Gasteiger partial charge in [-0.1, -0.05) is 72.8 Å². The van der Waals surface area contributed by atoms with Gasteiger partial charge in [0.1, 0.15) is 17.6 Å². The van der Waals surface area contributed by atoms with Gasteiger partial charge in [-0.2, -0.15) is 0 Å². The molecule has 0 aliphatic carbocycles. The van der Waals surface area contributed by atoms with E-state index in [0.29, 0.717) is 11.1 Å². The van der Waals surface area contributed by atoms with Crippen molar-refractivity contribution >= 4 is 11.9 Å². The number of amides is 1. The van der Waals surface area contributed by atoms with Crippen molar-refractivity contribution in [2.24, 2.45) is 0 Å². The zero-order valence-corrected chi connectivity index (χ0v) is 18.1. The minimum absolute atomic E-state index is 0.0625. The Labute approximate surface area is 196 Å². The van der Waals surface area contributed by atoms with Gasteiger partial charge in [0.05, 0.1) is 5.56 Å². The lowest BCUT2D eigenvalue weighted by Crippen LogP contribution is -2.42. The third-order valence-corrected chi connectivity index (χ3v) is 5.52. The Kier molecular flexibility index (Phi) is 6.69. The van der Waals surface area contributed by atoms with E-state index in [9.17, 15) is 24.2 Å². The Balaban J connectivity index is 1.51. The molecule has 4 aromatic rings. The number of phenols is 1. The van der Waals surface area contributed by atoms with Gasteiger partial charge in [0.25, 0.3) is 5.91 Å². The summed E-state index contributed by atoms with van der Waals surface area (Å²) in [5, 5.41) is 22.4. The second kappa shape index (κ2) is 10.0. The first-order chi connectivity index (χ1) is 16.4. The number of hydrogen-bond donors (Lipinski definition) is 3. The highest BCUT2D eigenvalue weighted by Gasteiger charge is 2.23. The smallest absolute Gasteiger partial charge is 0.326 e. The van der Waals surface area contributed by atoms with Crippen molar-refractivity contribution in [2.75, 3.05) is 0 Å². The summed E-state index contributed by atoms with van der Waals surface area (Å²) < 4.78 is 13.2. The number of carbonyl (C=O) groups is 2. The highest BCUT2D eigenvalue weighted by molar-refractivity contribution is 6.00. The maximum absolute atomic E-state index is 13.2. The molecular weight excluding hydrogens is 433 g/mol. The molecule has 0 heterocycles. The van der Waals surface area contributed by atoms with E-state index >= 15 is 0 Å². The van der Waals surface area contributed by atoms with Crippen molar-refractivity contribution in [3.05, 3.63) is 114 Å². The van der Waals surface area contributed by atoms with Crippen LogP contribution in [0.5, 0.6) is 5.75 Å². The average Bonchev–Trinajstić information content (AvgIpc) is 2.85. The summed E-state index contributed by atoms with van der Waals surface area (Å²) in [6.45, 7) is 0. The molecule has 1 atom stereocenters. The van der Waals surface area contributed by atoms with E-state index < -0.39 is 17.9 Å². The molecule has 6 heteroatoms. The van der Waals surface area contributed by atoms with Gasteiger partial charge in [-0.3, -0.25) is 4.79 Å². The number of benzene rings is 4. The molecule has 3 N–H and O–H groups in total. The number of carbonyl (C=O) groups excluding carboxylic acids is 1. The standard InChI is InChI=1S/C28H22FNO4/c29-23-13-10-21(11-14-23)22-12-15-26(31)24(17-22)27(32)30-25(28(33)34)16-18-6-8-20(9-7-18)19-4-2-1-3-5-19/h1-15,17,25,31H,16H2,(H,30,32)(H,33,34). The van der Waals surface area contributed by atoms with Gasteiger partial charge in [-0.15, -0.1) is 0 Å². The lowest BCUT2D eigenvalue weighted by molar-refractivity contribution is -0.139. The molecule has 0 bridgehead atoms. The third-order valence-electron chi connectivity index (χ3n) is 5.52. The summed E-state index contributed by atoms with van der Waals surface area (Å²) in [5.41, 5.74) is 3.98. The van der Waals surface area contributed by atoms with Crippen molar-refractivity contribution in [3.8, 4) is 28.0 Å². The average molecular weight is 455 g/mol. The fraction of sp³-hybridized carbons (Fsp3) is 0.0714. The molecule has 0 aromatic heterocycles. The van der Waals surface area contributed by atoms with Crippen molar-refractivity contribution in [1.29, 1.82) is 0 Å². The number of phenolic OH excluding ortho intramolecular Hbond substituents is 1. The summed E-state index contributed by atoms with van der Waals surface area (Å²) >= 11 is 0. The van der Waals surface area contributed by atoms with Gasteiger partial charge in [0, 0.05) is 6.42 Å². The molecule has 1 amide bonds. The zero-order valence-electron chi connectivity index (χ0n) is 18.1. The molecular formula is C28H22FNO4. The molecule has 0 aliphatic rings.